The molecule has 0 unspecified atom stereocenters. The second kappa shape index (κ2) is 6.98. The van der Waals surface area contributed by atoms with Gasteiger partial charge in [0.25, 0.3) is 0 Å². The van der Waals surface area contributed by atoms with Crippen molar-refractivity contribution in [2.75, 3.05) is 10.2 Å². The van der Waals surface area contributed by atoms with Gasteiger partial charge in [-0.3, -0.25) is 14.8 Å². The van der Waals surface area contributed by atoms with Gasteiger partial charge in [-0.15, -0.1) is 0 Å². The van der Waals surface area contributed by atoms with Gasteiger partial charge >= 0.3 is 12.2 Å². The standard InChI is InChI=1S/C17H10F4N4O2/c18-13-3-1-10(7-12(13)17(19,20)21)24-16(27)25(9-26)11-2-4-14-15(8-11)23-6-5-22-14/h1-9H,(H,24,27). The molecule has 3 amide bonds. The summed E-state index contributed by atoms with van der Waals surface area (Å²) >= 11 is 0. The van der Waals surface area contributed by atoms with Crippen molar-refractivity contribution in [3.63, 3.8) is 0 Å². The van der Waals surface area contributed by atoms with Gasteiger partial charge in [0.05, 0.1) is 22.3 Å². The molecule has 10 heteroatoms. The van der Waals surface area contributed by atoms with Crippen LogP contribution in [0.3, 0.4) is 0 Å². The molecule has 0 aliphatic carbocycles. The summed E-state index contributed by atoms with van der Waals surface area (Å²) in [5.74, 6) is -1.47. The maximum absolute atomic E-state index is 13.3. The fourth-order valence-electron chi connectivity index (χ4n) is 2.33. The van der Waals surface area contributed by atoms with E-state index in [1.54, 1.807) is 0 Å². The Kier molecular flexibility index (Phi) is 4.72. The average Bonchev–Trinajstić information content (AvgIpc) is 2.63. The number of aromatic nitrogens is 2. The number of urea groups is 1. The third-order valence-electron chi connectivity index (χ3n) is 3.58. The first-order chi connectivity index (χ1) is 12.8. The summed E-state index contributed by atoms with van der Waals surface area (Å²) in [4.78, 5) is 32.4. The molecule has 0 atom stereocenters. The summed E-state index contributed by atoms with van der Waals surface area (Å²) in [6.07, 6.45) is -1.83. The van der Waals surface area contributed by atoms with Crippen LogP contribution in [0.15, 0.2) is 48.8 Å². The maximum Gasteiger partial charge on any atom is 0.419 e. The van der Waals surface area contributed by atoms with E-state index in [2.05, 4.69) is 15.3 Å². The lowest BCUT2D eigenvalue weighted by atomic mass is 10.2. The van der Waals surface area contributed by atoms with Crippen LogP contribution < -0.4 is 10.2 Å². The highest BCUT2D eigenvalue weighted by molar-refractivity contribution is 6.12. The van der Waals surface area contributed by atoms with Gasteiger partial charge < -0.3 is 5.32 Å². The molecule has 3 rings (SSSR count). The zero-order chi connectivity index (χ0) is 19.6. The first-order valence-electron chi connectivity index (χ1n) is 7.42. The Morgan fingerprint density at radius 1 is 1.04 bits per heavy atom. The van der Waals surface area contributed by atoms with Crippen molar-refractivity contribution >= 4 is 34.8 Å². The minimum Gasteiger partial charge on any atom is -0.307 e. The maximum atomic E-state index is 13.3. The Labute approximate surface area is 149 Å². The molecule has 0 aliphatic heterocycles. The molecular weight excluding hydrogens is 368 g/mol. The molecule has 138 valence electrons. The quantitative estimate of drug-likeness (QED) is 0.553. The summed E-state index contributed by atoms with van der Waals surface area (Å²) in [5.41, 5.74) is -0.773. The lowest BCUT2D eigenvalue weighted by Crippen LogP contribution is -2.33. The molecule has 0 radical (unpaired) electrons. The molecule has 3 aromatic rings. The van der Waals surface area contributed by atoms with E-state index in [1.165, 1.54) is 30.6 Å². The minimum atomic E-state index is -4.92. The molecular formula is C17H10F4N4O2. The third kappa shape index (κ3) is 3.84. The first kappa shape index (κ1) is 18.2. The summed E-state index contributed by atoms with van der Waals surface area (Å²) in [6.45, 7) is 0. The number of rotatable bonds is 3. The number of alkyl halides is 3. The number of amides is 3. The molecule has 0 saturated heterocycles. The number of hydrogen-bond donors (Lipinski definition) is 1. The molecule has 1 heterocycles. The molecule has 0 bridgehead atoms. The van der Waals surface area contributed by atoms with E-state index in [9.17, 15) is 27.2 Å². The summed E-state index contributed by atoms with van der Waals surface area (Å²) < 4.78 is 51.6. The number of benzene rings is 2. The van der Waals surface area contributed by atoms with Crippen LogP contribution in [-0.2, 0) is 11.0 Å². The molecule has 27 heavy (non-hydrogen) atoms. The number of carbonyl (C=O) groups is 2. The molecule has 0 fully saturated rings. The van der Waals surface area contributed by atoms with Gasteiger partial charge in [-0.1, -0.05) is 0 Å². The molecule has 0 saturated carbocycles. The number of anilines is 2. The van der Waals surface area contributed by atoms with Gasteiger partial charge in [0.15, 0.2) is 0 Å². The van der Waals surface area contributed by atoms with Gasteiger partial charge in [-0.2, -0.15) is 13.2 Å². The van der Waals surface area contributed by atoms with Crippen LogP contribution in [0.4, 0.5) is 33.7 Å². The Hall–Kier alpha value is -3.56. The Bertz CT molecular complexity index is 1020. The number of carbonyl (C=O) groups excluding carboxylic acids is 2. The second-order valence-corrected chi connectivity index (χ2v) is 5.33. The van der Waals surface area contributed by atoms with E-state index < -0.39 is 23.6 Å². The monoisotopic (exact) mass is 378 g/mol. The number of nitrogens with one attached hydrogen (secondary N) is 1. The van der Waals surface area contributed by atoms with Gasteiger partial charge in [0, 0.05) is 18.1 Å². The fraction of sp³-hybridized carbons (Fsp3) is 0.0588. The van der Waals surface area contributed by atoms with Crippen molar-refractivity contribution in [3.05, 3.63) is 60.2 Å². The Morgan fingerprint density at radius 2 is 1.74 bits per heavy atom. The number of nitrogens with zero attached hydrogens (tertiary/aromatic N) is 3. The lowest BCUT2D eigenvalue weighted by molar-refractivity contribution is -0.139. The van der Waals surface area contributed by atoms with Gasteiger partial charge in [-0.25, -0.2) is 14.1 Å². The van der Waals surface area contributed by atoms with Gasteiger partial charge in [-0.05, 0) is 36.4 Å². The van der Waals surface area contributed by atoms with E-state index in [0.29, 0.717) is 28.1 Å². The zero-order valence-electron chi connectivity index (χ0n) is 13.4. The lowest BCUT2D eigenvalue weighted by Gasteiger charge is -2.17. The summed E-state index contributed by atoms with van der Waals surface area (Å²) in [7, 11) is 0. The highest BCUT2D eigenvalue weighted by Crippen LogP contribution is 2.33. The van der Waals surface area contributed by atoms with Crippen molar-refractivity contribution in [1.29, 1.82) is 0 Å². The molecule has 2 aromatic carbocycles. The Morgan fingerprint density at radius 3 is 2.41 bits per heavy atom. The van der Waals surface area contributed by atoms with Crippen LogP contribution in [0, 0.1) is 5.82 Å². The molecule has 0 aliphatic rings. The molecule has 1 aromatic heterocycles. The highest BCUT2D eigenvalue weighted by atomic mass is 19.4. The normalized spacial score (nSPS) is 11.3. The van der Waals surface area contributed by atoms with Crippen molar-refractivity contribution in [2.45, 2.75) is 6.18 Å². The van der Waals surface area contributed by atoms with Crippen LogP contribution in [-0.4, -0.2) is 22.4 Å². The molecule has 1 N–H and O–H groups in total. The van der Waals surface area contributed by atoms with E-state index in [-0.39, 0.29) is 17.8 Å². The van der Waals surface area contributed by atoms with Crippen LogP contribution in [0.1, 0.15) is 5.56 Å². The topological polar surface area (TPSA) is 75.2 Å². The van der Waals surface area contributed by atoms with Crippen LogP contribution in [0.5, 0.6) is 0 Å². The summed E-state index contributed by atoms with van der Waals surface area (Å²) in [6, 6.07) is 5.34. The van der Waals surface area contributed by atoms with Crippen LogP contribution in [0.2, 0.25) is 0 Å². The number of fused-ring (bicyclic) bond motifs is 1. The second-order valence-electron chi connectivity index (χ2n) is 5.33. The van der Waals surface area contributed by atoms with Crippen molar-refractivity contribution in [2.24, 2.45) is 0 Å². The van der Waals surface area contributed by atoms with E-state index in [4.69, 9.17) is 0 Å². The van der Waals surface area contributed by atoms with Crippen molar-refractivity contribution < 1.29 is 27.2 Å². The predicted molar refractivity (Wildman–Crippen MR) is 88.5 cm³/mol. The first-order valence-corrected chi connectivity index (χ1v) is 7.42. The van der Waals surface area contributed by atoms with Gasteiger partial charge in [0.1, 0.15) is 5.82 Å². The van der Waals surface area contributed by atoms with Crippen molar-refractivity contribution in [3.8, 4) is 0 Å². The predicted octanol–water partition coefficient (Wildman–Crippen LogP) is 3.98. The van der Waals surface area contributed by atoms with Gasteiger partial charge in [0.2, 0.25) is 6.41 Å². The molecule has 6 nitrogen and oxygen atoms in total. The van der Waals surface area contributed by atoms with E-state index >= 15 is 0 Å². The minimum absolute atomic E-state index is 0.133. The number of imide groups is 1. The fourth-order valence-corrected chi connectivity index (χ4v) is 2.33. The average molecular weight is 378 g/mol. The van der Waals surface area contributed by atoms with Crippen LogP contribution >= 0.6 is 0 Å². The number of hydrogen-bond acceptors (Lipinski definition) is 4. The van der Waals surface area contributed by atoms with Crippen molar-refractivity contribution in [1.82, 2.24) is 9.97 Å². The van der Waals surface area contributed by atoms with Crippen LogP contribution in [0.25, 0.3) is 11.0 Å². The smallest absolute Gasteiger partial charge is 0.307 e. The number of halogens is 4. The summed E-state index contributed by atoms with van der Waals surface area (Å²) in [5, 5.41) is 2.13. The Balaban J connectivity index is 1.88. The highest BCUT2D eigenvalue weighted by Gasteiger charge is 2.34. The SMILES string of the molecule is O=CN(C(=O)Nc1ccc(F)c(C(F)(F)F)c1)c1ccc2nccnc2c1. The largest absolute Gasteiger partial charge is 0.419 e. The zero-order valence-corrected chi connectivity index (χ0v) is 13.4. The third-order valence-corrected chi connectivity index (χ3v) is 3.58. The van der Waals surface area contributed by atoms with E-state index in [1.807, 2.05) is 0 Å². The molecule has 0 spiro atoms. The van der Waals surface area contributed by atoms with E-state index in [0.717, 1.165) is 6.07 Å².